The van der Waals surface area contributed by atoms with Crippen LogP contribution in [0.15, 0.2) is 48.5 Å². The number of carbonyl (C=O) groups is 1. The number of nitrogens with one attached hydrogen (secondary N) is 1. The van der Waals surface area contributed by atoms with E-state index < -0.39 is 10.0 Å². The summed E-state index contributed by atoms with van der Waals surface area (Å²) in [6, 6.07) is 12.2. The molecule has 0 bridgehead atoms. The molecule has 0 atom stereocenters. The number of halogens is 1. The summed E-state index contributed by atoms with van der Waals surface area (Å²) in [4.78, 5) is 12.1. The second-order valence-corrected chi connectivity index (χ2v) is 7.69. The van der Waals surface area contributed by atoms with Gasteiger partial charge in [-0.15, -0.1) is 0 Å². The van der Waals surface area contributed by atoms with Gasteiger partial charge in [0.2, 0.25) is 10.0 Å². The molecule has 6 nitrogen and oxygen atoms in total. The van der Waals surface area contributed by atoms with Crippen molar-refractivity contribution in [3.05, 3.63) is 65.5 Å². The lowest BCUT2D eigenvalue weighted by Crippen LogP contribution is -2.37. The highest BCUT2D eigenvalue weighted by Gasteiger charge is 2.17. The fourth-order valence-electron chi connectivity index (χ4n) is 2.29. The smallest absolute Gasteiger partial charge is 0.251 e. The lowest BCUT2D eigenvalue weighted by Gasteiger charge is -2.20. The number of ether oxygens (including phenoxy) is 1. The molecule has 0 aliphatic heterocycles. The molecule has 0 saturated carbocycles. The first-order chi connectivity index (χ1) is 12.3. The van der Waals surface area contributed by atoms with E-state index in [2.05, 4.69) is 5.32 Å². The Bertz CT molecular complexity index is 836. The van der Waals surface area contributed by atoms with E-state index in [-0.39, 0.29) is 31.4 Å². The highest BCUT2D eigenvalue weighted by Crippen LogP contribution is 2.12. The van der Waals surface area contributed by atoms with Gasteiger partial charge in [-0.1, -0.05) is 12.1 Å². The first-order valence-corrected chi connectivity index (χ1v) is 9.76. The Morgan fingerprint density at radius 2 is 1.73 bits per heavy atom. The third kappa shape index (κ3) is 5.82. The second kappa shape index (κ2) is 8.77. The molecule has 0 heterocycles. The van der Waals surface area contributed by atoms with Crippen LogP contribution >= 0.6 is 0 Å². The molecule has 0 aliphatic carbocycles. The highest BCUT2D eigenvalue weighted by molar-refractivity contribution is 7.88. The van der Waals surface area contributed by atoms with Crippen LogP contribution in [0.4, 0.5) is 4.39 Å². The van der Waals surface area contributed by atoms with E-state index in [9.17, 15) is 17.6 Å². The molecule has 0 aromatic heterocycles. The molecular weight excluding hydrogens is 359 g/mol. The topological polar surface area (TPSA) is 75.7 Å². The van der Waals surface area contributed by atoms with Crippen molar-refractivity contribution in [2.75, 3.05) is 26.5 Å². The average Bonchev–Trinajstić information content (AvgIpc) is 2.61. The van der Waals surface area contributed by atoms with Crippen LogP contribution in [0.1, 0.15) is 15.9 Å². The third-order valence-electron chi connectivity index (χ3n) is 3.74. The standard InChI is InChI=1S/C18H21FN2O4S/c1-25-17-9-5-15(6-10-17)18(22)20-11-12-21(26(2,23)24)13-14-3-7-16(19)8-4-14/h3-10H,11-13H2,1-2H3,(H,20,22). The number of carbonyl (C=O) groups excluding carboxylic acids is 1. The van der Waals surface area contributed by atoms with E-state index in [1.54, 1.807) is 24.3 Å². The van der Waals surface area contributed by atoms with Crippen LogP contribution in [0.3, 0.4) is 0 Å². The van der Waals surface area contributed by atoms with Crippen molar-refractivity contribution in [3.63, 3.8) is 0 Å². The average molecular weight is 380 g/mol. The van der Waals surface area contributed by atoms with Crippen molar-refractivity contribution >= 4 is 15.9 Å². The van der Waals surface area contributed by atoms with E-state index >= 15 is 0 Å². The third-order valence-corrected chi connectivity index (χ3v) is 4.99. The van der Waals surface area contributed by atoms with Crippen LogP contribution in [0, 0.1) is 5.82 Å². The Hall–Kier alpha value is -2.45. The van der Waals surface area contributed by atoms with E-state index in [1.807, 2.05) is 0 Å². The van der Waals surface area contributed by atoms with Crippen LogP contribution in [-0.4, -0.2) is 45.1 Å². The molecule has 140 valence electrons. The van der Waals surface area contributed by atoms with Gasteiger partial charge in [-0.05, 0) is 42.0 Å². The molecule has 0 fully saturated rings. The van der Waals surface area contributed by atoms with E-state index in [4.69, 9.17) is 4.74 Å². The van der Waals surface area contributed by atoms with Gasteiger partial charge in [-0.2, -0.15) is 4.31 Å². The van der Waals surface area contributed by atoms with Gasteiger partial charge < -0.3 is 10.1 Å². The largest absolute Gasteiger partial charge is 0.497 e. The maximum absolute atomic E-state index is 13.0. The zero-order valence-electron chi connectivity index (χ0n) is 14.6. The Morgan fingerprint density at radius 1 is 1.12 bits per heavy atom. The normalized spacial score (nSPS) is 11.4. The summed E-state index contributed by atoms with van der Waals surface area (Å²) in [6.07, 6.45) is 1.10. The minimum Gasteiger partial charge on any atom is -0.497 e. The molecule has 1 amide bonds. The zero-order chi connectivity index (χ0) is 19.2. The summed E-state index contributed by atoms with van der Waals surface area (Å²) < 4.78 is 43.1. The number of methoxy groups -OCH3 is 1. The predicted molar refractivity (Wildman–Crippen MR) is 97.0 cm³/mol. The maximum atomic E-state index is 13.0. The number of sulfonamides is 1. The Balaban J connectivity index is 1.94. The lowest BCUT2D eigenvalue weighted by atomic mass is 10.2. The monoisotopic (exact) mass is 380 g/mol. The van der Waals surface area contributed by atoms with Gasteiger partial charge in [-0.3, -0.25) is 4.79 Å². The fraction of sp³-hybridized carbons (Fsp3) is 0.278. The number of rotatable bonds is 8. The van der Waals surface area contributed by atoms with Crippen molar-refractivity contribution in [3.8, 4) is 5.75 Å². The summed E-state index contributed by atoms with van der Waals surface area (Å²) in [6.45, 7) is 0.370. The lowest BCUT2D eigenvalue weighted by molar-refractivity contribution is 0.0951. The van der Waals surface area contributed by atoms with Crippen molar-refractivity contribution in [2.45, 2.75) is 6.54 Å². The molecular formula is C18H21FN2O4S. The molecule has 0 unspecified atom stereocenters. The van der Waals surface area contributed by atoms with Gasteiger partial charge in [0.15, 0.2) is 0 Å². The predicted octanol–water partition coefficient (Wildman–Crippen LogP) is 2.03. The van der Waals surface area contributed by atoms with E-state index in [1.165, 1.54) is 35.7 Å². The first-order valence-electron chi connectivity index (χ1n) is 7.91. The minimum absolute atomic E-state index is 0.109. The van der Waals surface area contributed by atoms with Crippen LogP contribution in [0.25, 0.3) is 0 Å². The van der Waals surface area contributed by atoms with Crippen molar-refractivity contribution in [2.24, 2.45) is 0 Å². The number of nitrogens with zero attached hydrogens (tertiary/aromatic N) is 1. The Labute approximate surface area is 152 Å². The SMILES string of the molecule is COc1ccc(C(=O)NCCN(Cc2ccc(F)cc2)S(C)(=O)=O)cc1. The van der Waals surface area contributed by atoms with E-state index in [0.717, 1.165) is 6.26 Å². The molecule has 0 radical (unpaired) electrons. The molecule has 8 heteroatoms. The summed E-state index contributed by atoms with van der Waals surface area (Å²) in [5.74, 6) is -0.0432. The number of benzene rings is 2. The molecule has 0 spiro atoms. The van der Waals surface area contributed by atoms with Gasteiger partial charge in [-0.25, -0.2) is 12.8 Å². The summed E-state index contributed by atoms with van der Waals surface area (Å²) >= 11 is 0. The second-order valence-electron chi connectivity index (χ2n) is 5.71. The molecule has 2 aromatic rings. The highest BCUT2D eigenvalue weighted by atomic mass is 32.2. The van der Waals surface area contributed by atoms with Gasteiger partial charge in [0, 0.05) is 25.2 Å². The van der Waals surface area contributed by atoms with Crippen LogP contribution in [0.2, 0.25) is 0 Å². The van der Waals surface area contributed by atoms with Crippen molar-refractivity contribution in [1.82, 2.24) is 9.62 Å². The van der Waals surface area contributed by atoms with Crippen LogP contribution in [0.5, 0.6) is 5.75 Å². The molecule has 0 saturated heterocycles. The summed E-state index contributed by atoms with van der Waals surface area (Å²) in [7, 11) is -1.94. The zero-order valence-corrected chi connectivity index (χ0v) is 15.4. The van der Waals surface area contributed by atoms with E-state index in [0.29, 0.717) is 16.9 Å². The number of hydrogen-bond acceptors (Lipinski definition) is 4. The van der Waals surface area contributed by atoms with Gasteiger partial charge in [0.25, 0.3) is 5.91 Å². The fourth-order valence-corrected chi connectivity index (χ4v) is 3.10. The quantitative estimate of drug-likeness (QED) is 0.760. The number of amides is 1. The first kappa shape index (κ1) is 19.9. The summed E-state index contributed by atoms with van der Waals surface area (Å²) in [5.41, 5.74) is 1.12. The molecule has 2 aromatic carbocycles. The van der Waals surface area contributed by atoms with Crippen molar-refractivity contribution < 1.29 is 22.3 Å². The molecule has 0 aliphatic rings. The van der Waals surface area contributed by atoms with Gasteiger partial charge in [0.1, 0.15) is 11.6 Å². The molecule has 2 rings (SSSR count). The Morgan fingerprint density at radius 3 is 2.27 bits per heavy atom. The molecule has 26 heavy (non-hydrogen) atoms. The molecule has 1 N–H and O–H groups in total. The summed E-state index contributed by atoms with van der Waals surface area (Å²) in [5, 5.41) is 2.69. The van der Waals surface area contributed by atoms with Gasteiger partial charge in [0.05, 0.1) is 13.4 Å². The van der Waals surface area contributed by atoms with Crippen LogP contribution in [-0.2, 0) is 16.6 Å². The Kier molecular flexibility index (Phi) is 6.70. The van der Waals surface area contributed by atoms with Gasteiger partial charge >= 0.3 is 0 Å². The van der Waals surface area contributed by atoms with Crippen LogP contribution < -0.4 is 10.1 Å². The minimum atomic E-state index is -3.47. The maximum Gasteiger partial charge on any atom is 0.251 e. The number of hydrogen-bond donors (Lipinski definition) is 1. The van der Waals surface area contributed by atoms with Crippen molar-refractivity contribution in [1.29, 1.82) is 0 Å².